The van der Waals surface area contributed by atoms with Gasteiger partial charge in [-0.3, -0.25) is 4.55 Å². The van der Waals surface area contributed by atoms with Gasteiger partial charge in [0.15, 0.2) is 0 Å². The molecular weight excluding hydrogens is 348 g/mol. The molecule has 0 amide bonds. The number of unbranched alkanes of at least 4 members (excludes halogenated alkanes) is 11. The summed E-state index contributed by atoms with van der Waals surface area (Å²) in [6.45, 7) is 4.03. The molecule has 158 valence electrons. The van der Waals surface area contributed by atoms with Gasteiger partial charge in [0.2, 0.25) is 0 Å². The number of rotatable bonds is 19. The number of aliphatic hydroxyl groups excluding tert-OH is 1. The van der Waals surface area contributed by atoms with E-state index in [1.165, 1.54) is 64.2 Å². The Hall–Kier alpha value is -0.130. The molecule has 4 nitrogen and oxygen atoms in total. The number of hydrogen-bond acceptors (Lipinski definition) is 3. The number of hydrogen-bond donors (Lipinski definition) is 2. The molecule has 0 aromatic carbocycles. The van der Waals surface area contributed by atoms with E-state index >= 15 is 0 Å². The first kappa shape index (κ1) is 25.9. The molecule has 0 aliphatic heterocycles. The van der Waals surface area contributed by atoms with Crippen LogP contribution in [0.25, 0.3) is 0 Å². The van der Waals surface area contributed by atoms with Crippen LogP contribution in [0, 0.1) is 0 Å². The maximum atomic E-state index is 11.1. The minimum Gasteiger partial charge on any atom is -0.393 e. The summed E-state index contributed by atoms with van der Waals surface area (Å²) < 4.78 is 31.3. The predicted molar refractivity (Wildman–Crippen MR) is 111 cm³/mol. The lowest BCUT2D eigenvalue weighted by Gasteiger charge is -2.13. The van der Waals surface area contributed by atoms with E-state index in [9.17, 15) is 13.5 Å². The monoisotopic (exact) mass is 392 g/mol. The first-order valence-electron chi connectivity index (χ1n) is 11.1. The zero-order valence-corrected chi connectivity index (χ0v) is 18.1. The first-order chi connectivity index (χ1) is 12.4. The van der Waals surface area contributed by atoms with Gasteiger partial charge in [-0.15, -0.1) is 0 Å². The standard InChI is InChI=1S/C21H44O4S/c1-3-5-6-7-8-9-10-11-12-13-14-17-20(22)18-15-16-19-21(4-2)26(23,24)25/h20-22H,3-19H2,1-2H3,(H,23,24,25). The van der Waals surface area contributed by atoms with Gasteiger partial charge in [-0.2, -0.15) is 8.42 Å². The maximum absolute atomic E-state index is 11.1. The largest absolute Gasteiger partial charge is 0.393 e. The Morgan fingerprint density at radius 3 is 1.46 bits per heavy atom. The summed E-state index contributed by atoms with van der Waals surface area (Å²) in [7, 11) is -3.91. The van der Waals surface area contributed by atoms with Crippen LogP contribution in [0.5, 0.6) is 0 Å². The van der Waals surface area contributed by atoms with Crippen molar-refractivity contribution in [1.29, 1.82) is 0 Å². The van der Waals surface area contributed by atoms with Crippen molar-refractivity contribution in [3.63, 3.8) is 0 Å². The third-order valence-corrected chi connectivity index (χ3v) is 6.74. The average molecular weight is 393 g/mol. The van der Waals surface area contributed by atoms with Crippen LogP contribution in [0.2, 0.25) is 0 Å². The third-order valence-electron chi connectivity index (χ3n) is 5.33. The second-order valence-electron chi connectivity index (χ2n) is 7.81. The molecule has 0 saturated carbocycles. The highest BCUT2D eigenvalue weighted by molar-refractivity contribution is 7.86. The van der Waals surface area contributed by atoms with Gasteiger partial charge < -0.3 is 5.11 Å². The van der Waals surface area contributed by atoms with Gasteiger partial charge in [-0.1, -0.05) is 97.3 Å². The average Bonchev–Trinajstić information content (AvgIpc) is 2.58. The van der Waals surface area contributed by atoms with Gasteiger partial charge in [-0.25, -0.2) is 0 Å². The fourth-order valence-corrected chi connectivity index (χ4v) is 4.39. The zero-order chi connectivity index (χ0) is 19.7. The molecule has 0 rings (SSSR count). The molecule has 2 unspecified atom stereocenters. The van der Waals surface area contributed by atoms with Gasteiger partial charge in [0.05, 0.1) is 11.4 Å². The summed E-state index contributed by atoms with van der Waals surface area (Å²) in [6.07, 6.45) is 18.3. The summed E-state index contributed by atoms with van der Waals surface area (Å²) >= 11 is 0. The minimum atomic E-state index is -3.91. The molecule has 0 aromatic heterocycles. The van der Waals surface area contributed by atoms with E-state index < -0.39 is 15.4 Å². The maximum Gasteiger partial charge on any atom is 0.267 e. The van der Waals surface area contributed by atoms with Crippen molar-refractivity contribution in [2.75, 3.05) is 0 Å². The van der Waals surface area contributed by atoms with Crippen molar-refractivity contribution in [3.8, 4) is 0 Å². The lowest BCUT2D eigenvalue weighted by atomic mass is 10.0. The van der Waals surface area contributed by atoms with Crippen LogP contribution in [0.15, 0.2) is 0 Å². The van der Waals surface area contributed by atoms with E-state index in [0.717, 1.165) is 32.1 Å². The topological polar surface area (TPSA) is 74.6 Å². The molecule has 0 heterocycles. The van der Waals surface area contributed by atoms with Crippen molar-refractivity contribution in [1.82, 2.24) is 0 Å². The van der Waals surface area contributed by atoms with Gasteiger partial charge in [0, 0.05) is 0 Å². The lowest BCUT2D eigenvalue weighted by Crippen LogP contribution is -2.19. The summed E-state index contributed by atoms with van der Waals surface area (Å²) in [5.41, 5.74) is 0. The Labute approximate surface area is 162 Å². The molecule has 0 spiro atoms. The summed E-state index contributed by atoms with van der Waals surface area (Å²) in [4.78, 5) is 0. The van der Waals surface area contributed by atoms with Crippen LogP contribution in [-0.4, -0.2) is 29.4 Å². The molecule has 0 bridgehead atoms. The normalized spacial score (nSPS) is 14.5. The van der Waals surface area contributed by atoms with E-state index in [2.05, 4.69) is 6.92 Å². The van der Waals surface area contributed by atoms with Crippen LogP contribution >= 0.6 is 0 Å². The smallest absolute Gasteiger partial charge is 0.267 e. The molecule has 0 radical (unpaired) electrons. The molecule has 2 atom stereocenters. The molecule has 5 heteroatoms. The molecule has 0 aliphatic carbocycles. The van der Waals surface area contributed by atoms with Gasteiger partial charge in [0.25, 0.3) is 10.1 Å². The third kappa shape index (κ3) is 16.1. The summed E-state index contributed by atoms with van der Waals surface area (Å²) in [5.74, 6) is 0. The van der Waals surface area contributed by atoms with Crippen LogP contribution in [0.1, 0.15) is 123 Å². The molecule has 0 aliphatic rings. The minimum absolute atomic E-state index is 0.264. The van der Waals surface area contributed by atoms with Crippen LogP contribution in [0.3, 0.4) is 0 Å². The van der Waals surface area contributed by atoms with Crippen LogP contribution < -0.4 is 0 Å². The quantitative estimate of drug-likeness (QED) is 0.200. The van der Waals surface area contributed by atoms with E-state index in [4.69, 9.17) is 4.55 Å². The SMILES string of the molecule is CCCCCCCCCCCCCC(O)CCCCC(CC)S(=O)(=O)O. The van der Waals surface area contributed by atoms with E-state index in [-0.39, 0.29) is 6.10 Å². The Morgan fingerprint density at radius 2 is 1.04 bits per heavy atom. The fourth-order valence-electron chi connectivity index (χ4n) is 3.50. The summed E-state index contributed by atoms with van der Waals surface area (Å²) in [5, 5.41) is 9.36. The predicted octanol–water partition coefficient (Wildman–Crippen LogP) is 6.28. The highest BCUT2D eigenvalue weighted by Crippen LogP contribution is 2.17. The summed E-state index contributed by atoms with van der Waals surface area (Å²) in [6, 6.07) is 0. The zero-order valence-electron chi connectivity index (χ0n) is 17.3. The second kappa shape index (κ2) is 17.0. The first-order valence-corrected chi connectivity index (χ1v) is 12.6. The van der Waals surface area contributed by atoms with E-state index in [1.54, 1.807) is 6.92 Å². The Balaban J connectivity index is 3.40. The van der Waals surface area contributed by atoms with Crippen LogP contribution in [0.4, 0.5) is 0 Å². The molecule has 0 aromatic rings. The Morgan fingerprint density at radius 1 is 0.654 bits per heavy atom. The molecular formula is C21H44O4S. The fraction of sp³-hybridized carbons (Fsp3) is 1.00. The second-order valence-corrected chi connectivity index (χ2v) is 9.50. The van der Waals surface area contributed by atoms with Gasteiger partial charge >= 0.3 is 0 Å². The van der Waals surface area contributed by atoms with Crippen molar-refractivity contribution in [2.24, 2.45) is 0 Å². The van der Waals surface area contributed by atoms with Crippen molar-refractivity contribution in [2.45, 2.75) is 134 Å². The van der Waals surface area contributed by atoms with Crippen molar-refractivity contribution >= 4 is 10.1 Å². The van der Waals surface area contributed by atoms with Crippen molar-refractivity contribution < 1.29 is 18.1 Å². The Kier molecular flexibility index (Phi) is 16.9. The van der Waals surface area contributed by atoms with Gasteiger partial charge in [-0.05, 0) is 25.7 Å². The van der Waals surface area contributed by atoms with Crippen molar-refractivity contribution in [3.05, 3.63) is 0 Å². The van der Waals surface area contributed by atoms with E-state index in [1.807, 2.05) is 0 Å². The molecule has 0 saturated heterocycles. The van der Waals surface area contributed by atoms with Gasteiger partial charge in [0.1, 0.15) is 0 Å². The lowest BCUT2D eigenvalue weighted by molar-refractivity contribution is 0.147. The van der Waals surface area contributed by atoms with Crippen LogP contribution in [-0.2, 0) is 10.1 Å². The number of aliphatic hydroxyl groups is 1. The molecule has 26 heavy (non-hydrogen) atoms. The molecule has 0 fully saturated rings. The highest BCUT2D eigenvalue weighted by atomic mass is 32.2. The Bertz CT molecular complexity index is 395. The highest BCUT2D eigenvalue weighted by Gasteiger charge is 2.20. The van der Waals surface area contributed by atoms with E-state index in [0.29, 0.717) is 12.8 Å². The molecule has 2 N–H and O–H groups in total.